The lowest BCUT2D eigenvalue weighted by Crippen LogP contribution is -2.35. The molecule has 0 bridgehead atoms. The number of anilines is 1. The molecule has 0 radical (unpaired) electrons. The molecule has 0 unspecified atom stereocenters. The molecular formula is C15H20N2O3. The molecule has 1 aromatic carbocycles. The number of nitrogens with one attached hydrogen (secondary N) is 2. The number of urea groups is 1. The summed E-state index contributed by atoms with van der Waals surface area (Å²) in [6.45, 7) is 6.66. The largest absolute Gasteiger partial charge is 0.478 e. The second-order valence-electron chi connectivity index (χ2n) is 5.67. The van der Waals surface area contributed by atoms with Crippen LogP contribution in [0.1, 0.15) is 26.3 Å². The van der Waals surface area contributed by atoms with Crippen LogP contribution in [-0.2, 0) is 4.79 Å². The Morgan fingerprint density at radius 1 is 1.30 bits per heavy atom. The van der Waals surface area contributed by atoms with Gasteiger partial charge in [0.15, 0.2) is 0 Å². The van der Waals surface area contributed by atoms with E-state index in [2.05, 4.69) is 10.6 Å². The summed E-state index contributed by atoms with van der Waals surface area (Å²) >= 11 is 0. The first kappa shape index (κ1) is 15.8. The molecule has 2 amide bonds. The highest BCUT2D eigenvalue weighted by Gasteiger charge is 2.11. The summed E-state index contributed by atoms with van der Waals surface area (Å²) in [6, 6.07) is 6.68. The zero-order valence-electron chi connectivity index (χ0n) is 11.9. The van der Waals surface area contributed by atoms with E-state index in [1.165, 1.54) is 6.08 Å². The zero-order chi connectivity index (χ0) is 15.2. The summed E-state index contributed by atoms with van der Waals surface area (Å²) in [6.07, 6.45) is 2.53. The Bertz CT molecular complexity index is 516. The standard InChI is InChI=1S/C15H20N2O3/c1-15(2,3)10-16-14(20)17-12-6-4-5-11(9-12)7-8-13(18)19/h4-9H,10H2,1-3H3,(H,18,19)(H2,16,17,20)/b8-7+. The Morgan fingerprint density at radius 3 is 2.60 bits per heavy atom. The molecule has 0 aliphatic heterocycles. The van der Waals surface area contributed by atoms with E-state index in [0.29, 0.717) is 17.8 Å². The van der Waals surface area contributed by atoms with E-state index in [9.17, 15) is 9.59 Å². The van der Waals surface area contributed by atoms with Crippen molar-refractivity contribution in [1.82, 2.24) is 5.32 Å². The first-order valence-corrected chi connectivity index (χ1v) is 6.32. The number of rotatable bonds is 4. The van der Waals surface area contributed by atoms with E-state index in [4.69, 9.17) is 5.11 Å². The van der Waals surface area contributed by atoms with E-state index < -0.39 is 5.97 Å². The van der Waals surface area contributed by atoms with Crippen LogP contribution in [0.5, 0.6) is 0 Å². The van der Waals surface area contributed by atoms with Gasteiger partial charge in [-0.2, -0.15) is 0 Å². The molecule has 0 saturated heterocycles. The topological polar surface area (TPSA) is 78.4 Å². The third kappa shape index (κ3) is 6.58. The van der Waals surface area contributed by atoms with Crippen LogP contribution in [0.25, 0.3) is 6.08 Å². The number of carbonyl (C=O) groups excluding carboxylic acids is 1. The molecule has 0 aliphatic carbocycles. The van der Waals surface area contributed by atoms with E-state index in [-0.39, 0.29) is 11.4 Å². The average Bonchev–Trinajstić information content (AvgIpc) is 2.34. The average molecular weight is 276 g/mol. The summed E-state index contributed by atoms with van der Waals surface area (Å²) < 4.78 is 0. The van der Waals surface area contributed by atoms with Gasteiger partial charge >= 0.3 is 12.0 Å². The summed E-state index contributed by atoms with van der Waals surface area (Å²) in [5.74, 6) is -1.01. The quantitative estimate of drug-likeness (QED) is 0.740. The Kier molecular flexibility index (Phi) is 5.32. The second kappa shape index (κ2) is 6.75. The maximum atomic E-state index is 11.7. The van der Waals surface area contributed by atoms with Crippen molar-refractivity contribution in [2.24, 2.45) is 5.41 Å². The lowest BCUT2D eigenvalue weighted by Gasteiger charge is -2.19. The van der Waals surface area contributed by atoms with Crippen LogP contribution in [-0.4, -0.2) is 23.7 Å². The maximum absolute atomic E-state index is 11.7. The number of hydrogen-bond acceptors (Lipinski definition) is 2. The Hall–Kier alpha value is -2.30. The van der Waals surface area contributed by atoms with Crippen LogP contribution in [0.3, 0.4) is 0 Å². The van der Waals surface area contributed by atoms with Crippen molar-refractivity contribution in [1.29, 1.82) is 0 Å². The molecular weight excluding hydrogens is 256 g/mol. The summed E-state index contributed by atoms with van der Waals surface area (Å²) in [5, 5.41) is 14.1. The van der Waals surface area contributed by atoms with Gasteiger partial charge in [0.25, 0.3) is 0 Å². The number of carbonyl (C=O) groups is 2. The molecule has 0 atom stereocenters. The van der Waals surface area contributed by atoms with Crippen molar-refractivity contribution >= 4 is 23.8 Å². The first-order chi connectivity index (χ1) is 9.26. The number of carboxylic acid groups (broad SMARTS) is 1. The van der Waals surface area contributed by atoms with Gasteiger partial charge in [0.2, 0.25) is 0 Å². The van der Waals surface area contributed by atoms with Gasteiger partial charge in [-0.05, 0) is 29.2 Å². The van der Waals surface area contributed by atoms with Crippen molar-refractivity contribution in [2.45, 2.75) is 20.8 Å². The summed E-state index contributed by atoms with van der Waals surface area (Å²) in [4.78, 5) is 22.2. The minimum absolute atomic E-state index is 0.0173. The highest BCUT2D eigenvalue weighted by atomic mass is 16.4. The van der Waals surface area contributed by atoms with E-state index >= 15 is 0 Å². The molecule has 0 heterocycles. The number of carboxylic acids is 1. The van der Waals surface area contributed by atoms with Crippen molar-refractivity contribution in [3.05, 3.63) is 35.9 Å². The summed E-state index contributed by atoms with van der Waals surface area (Å²) in [7, 11) is 0. The Labute approximate surface area is 118 Å². The fourth-order valence-corrected chi connectivity index (χ4v) is 1.41. The predicted molar refractivity (Wildman–Crippen MR) is 79.6 cm³/mol. The normalized spacial score (nSPS) is 11.3. The molecule has 20 heavy (non-hydrogen) atoms. The van der Waals surface area contributed by atoms with Gasteiger partial charge in [0.1, 0.15) is 0 Å². The van der Waals surface area contributed by atoms with Crippen LogP contribution in [0.4, 0.5) is 10.5 Å². The Balaban J connectivity index is 2.62. The van der Waals surface area contributed by atoms with Crippen molar-refractivity contribution < 1.29 is 14.7 Å². The lowest BCUT2D eigenvalue weighted by atomic mass is 9.97. The molecule has 0 spiro atoms. The second-order valence-corrected chi connectivity index (χ2v) is 5.67. The van der Waals surface area contributed by atoms with Crippen molar-refractivity contribution in [3.63, 3.8) is 0 Å². The van der Waals surface area contributed by atoms with Crippen LogP contribution in [0.2, 0.25) is 0 Å². The zero-order valence-corrected chi connectivity index (χ0v) is 11.9. The molecule has 0 aromatic heterocycles. The van der Waals surface area contributed by atoms with Crippen LogP contribution >= 0.6 is 0 Å². The van der Waals surface area contributed by atoms with Crippen LogP contribution in [0, 0.1) is 5.41 Å². The molecule has 1 aromatic rings. The number of aliphatic carboxylic acids is 1. The van der Waals surface area contributed by atoms with E-state index in [1.54, 1.807) is 24.3 Å². The SMILES string of the molecule is CC(C)(C)CNC(=O)Nc1cccc(/C=C/C(=O)O)c1. The molecule has 5 heteroatoms. The van der Waals surface area contributed by atoms with Crippen LogP contribution in [0.15, 0.2) is 30.3 Å². The first-order valence-electron chi connectivity index (χ1n) is 6.32. The van der Waals surface area contributed by atoms with E-state index in [0.717, 1.165) is 6.08 Å². The Morgan fingerprint density at radius 2 is 2.00 bits per heavy atom. The molecule has 108 valence electrons. The molecule has 0 aliphatic rings. The van der Waals surface area contributed by atoms with Crippen molar-refractivity contribution in [3.8, 4) is 0 Å². The van der Waals surface area contributed by atoms with E-state index in [1.807, 2.05) is 20.8 Å². The minimum Gasteiger partial charge on any atom is -0.478 e. The summed E-state index contributed by atoms with van der Waals surface area (Å²) in [5.41, 5.74) is 1.34. The molecule has 3 N–H and O–H groups in total. The number of hydrogen-bond donors (Lipinski definition) is 3. The highest BCUT2D eigenvalue weighted by Crippen LogP contribution is 2.13. The van der Waals surface area contributed by atoms with Gasteiger partial charge in [0.05, 0.1) is 0 Å². The minimum atomic E-state index is -1.01. The monoisotopic (exact) mass is 276 g/mol. The molecule has 1 rings (SSSR count). The smallest absolute Gasteiger partial charge is 0.328 e. The van der Waals surface area contributed by atoms with Gasteiger partial charge in [0, 0.05) is 18.3 Å². The molecule has 0 fully saturated rings. The third-order valence-electron chi connectivity index (χ3n) is 2.34. The van der Waals surface area contributed by atoms with Gasteiger partial charge in [-0.25, -0.2) is 9.59 Å². The van der Waals surface area contributed by atoms with Gasteiger partial charge in [-0.3, -0.25) is 0 Å². The fourth-order valence-electron chi connectivity index (χ4n) is 1.41. The van der Waals surface area contributed by atoms with Gasteiger partial charge < -0.3 is 15.7 Å². The predicted octanol–water partition coefficient (Wildman–Crippen LogP) is 2.95. The number of benzene rings is 1. The van der Waals surface area contributed by atoms with Gasteiger partial charge in [-0.15, -0.1) is 0 Å². The maximum Gasteiger partial charge on any atom is 0.328 e. The molecule has 5 nitrogen and oxygen atoms in total. The molecule has 0 saturated carbocycles. The van der Waals surface area contributed by atoms with Crippen molar-refractivity contribution in [2.75, 3.05) is 11.9 Å². The third-order valence-corrected chi connectivity index (χ3v) is 2.34. The van der Waals surface area contributed by atoms with Crippen LogP contribution < -0.4 is 10.6 Å². The lowest BCUT2D eigenvalue weighted by molar-refractivity contribution is -0.131. The van der Waals surface area contributed by atoms with Gasteiger partial charge in [-0.1, -0.05) is 32.9 Å². The number of amides is 2. The highest BCUT2D eigenvalue weighted by molar-refractivity contribution is 5.90. The fraction of sp³-hybridized carbons (Fsp3) is 0.333.